The van der Waals surface area contributed by atoms with Gasteiger partial charge in [-0.25, -0.2) is 13.2 Å². The molecule has 0 unspecified atom stereocenters. The van der Waals surface area contributed by atoms with Crippen LogP contribution in [0.2, 0.25) is 5.02 Å². The Morgan fingerprint density at radius 3 is 2.32 bits per heavy atom. The Morgan fingerprint density at radius 1 is 1.21 bits per heavy atom. The zero-order chi connectivity index (χ0) is 20.5. The van der Waals surface area contributed by atoms with Gasteiger partial charge in [-0.05, 0) is 36.8 Å². The van der Waals surface area contributed by atoms with Crippen LogP contribution in [-0.4, -0.2) is 48.7 Å². The highest BCUT2D eigenvalue weighted by atomic mass is 35.5. The Bertz CT molecular complexity index is 963. The molecular formula is C19H21ClN2O5S. The van der Waals surface area contributed by atoms with E-state index < -0.39 is 32.8 Å². The number of carboxylic acid groups (broad SMARTS) is 1. The first-order chi connectivity index (χ1) is 13.2. The second-order valence-corrected chi connectivity index (χ2v) is 9.53. The van der Waals surface area contributed by atoms with Gasteiger partial charge < -0.3 is 20.8 Å². The first kappa shape index (κ1) is 20.6. The van der Waals surface area contributed by atoms with E-state index >= 15 is 0 Å². The van der Waals surface area contributed by atoms with E-state index in [0.717, 1.165) is 5.56 Å². The van der Waals surface area contributed by atoms with Crippen LogP contribution in [0.4, 0.5) is 4.79 Å². The van der Waals surface area contributed by atoms with Gasteiger partial charge in [0, 0.05) is 18.1 Å². The van der Waals surface area contributed by atoms with Crippen molar-refractivity contribution in [2.45, 2.75) is 28.7 Å². The summed E-state index contributed by atoms with van der Waals surface area (Å²) in [5.41, 5.74) is 1.28. The fourth-order valence-electron chi connectivity index (χ4n) is 3.62. The lowest BCUT2D eigenvalue weighted by Gasteiger charge is -2.39. The van der Waals surface area contributed by atoms with E-state index in [9.17, 15) is 23.4 Å². The van der Waals surface area contributed by atoms with Crippen LogP contribution < -0.4 is 10.6 Å². The lowest BCUT2D eigenvalue weighted by molar-refractivity contribution is 0.133. The molecule has 3 rings (SSSR count). The van der Waals surface area contributed by atoms with E-state index in [2.05, 4.69) is 10.6 Å². The largest absolute Gasteiger partial charge is 0.465 e. The van der Waals surface area contributed by atoms with Crippen molar-refractivity contribution in [3.05, 3.63) is 64.7 Å². The molecule has 0 radical (unpaired) electrons. The van der Waals surface area contributed by atoms with Gasteiger partial charge in [-0.2, -0.15) is 0 Å². The van der Waals surface area contributed by atoms with Crippen LogP contribution in [-0.2, 0) is 9.84 Å². The van der Waals surface area contributed by atoms with Crippen molar-refractivity contribution in [2.24, 2.45) is 0 Å². The second-order valence-electron chi connectivity index (χ2n) is 6.85. The molecule has 0 bridgehead atoms. The summed E-state index contributed by atoms with van der Waals surface area (Å²) in [5.74, 6) is 0. The number of sulfone groups is 1. The van der Waals surface area contributed by atoms with E-state index in [4.69, 9.17) is 11.6 Å². The number of aryl methyl sites for hydroxylation is 1. The van der Waals surface area contributed by atoms with Crippen LogP contribution in [0.1, 0.15) is 17.2 Å². The minimum atomic E-state index is -4.14. The lowest BCUT2D eigenvalue weighted by atomic mass is 9.89. The van der Waals surface area contributed by atoms with Crippen molar-refractivity contribution in [2.75, 3.05) is 13.1 Å². The molecule has 2 aromatic rings. The Balaban J connectivity index is 2.22. The molecule has 9 heteroatoms. The van der Waals surface area contributed by atoms with Crippen molar-refractivity contribution in [1.82, 2.24) is 10.6 Å². The number of β-amino-alcohol motifs (C(OH)–C–C–N with tert-alkyl or cyclic N) is 1. The SMILES string of the molecule is Cc1ccc(S(=O)(=O)[C@@]2([C@H](NC(=O)O)c3ccc(Cl)cc3)CNC[C@@H]2O)cc1. The first-order valence-electron chi connectivity index (χ1n) is 8.63. The van der Waals surface area contributed by atoms with Gasteiger partial charge in [0.05, 0.1) is 17.0 Å². The van der Waals surface area contributed by atoms with Gasteiger partial charge in [-0.3, -0.25) is 0 Å². The molecule has 0 aliphatic carbocycles. The number of carbonyl (C=O) groups is 1. The predicted octanol–water partition coefficient (Wildman–Crippen LogP) is 2.13. The standard InChI is InChI=1S/C19H21ClN2O5S/c1-12-2-8-15(9-3-12)28(26,27)19(11-21-10-16(19)23)17(22-18(24)25)13-4-6-14(20)7-5-13/h2-9,16-17,21-23H,10-11H2,1H3,(H,24,25)/t16-,17+,19-/m0/s1. The van der Waals surface area contributed by atoms with Crippen LogP contribution in [0.3, 0.4) is 0 Å². The van der Waals surface area contributed by atoms with Crippen LogP contribution in [0, 0.1) is 6.92 Å². The van der Waals surface area contributed by atoms with E-state index in [-0.39, 0.29) is 18.0 Å². The third kappa shape index (κ3) is 3.48. The molecule has 2 aromatic carbocycles. The average Bonchev–Trinajstić information content (AvgIpc) is 3.03. The molecule has 3 atom stereocenters. The zero-order valence-corrected chi connectivity index (χ0v) is 16.7. The number of amides is 1. The number of aliphatic hydroxyl groups excluding tert-OH is 1. The van der Waals surface area contributed by atoms with Crippen molar-refractivity contribution in [3.63, 3.8) is 0 Å². The van der Waals surface area contributed by atoms with Gasteiger partial charge in [0.2, 0.25) is 0 Å². The molecule has 0 saturated carbocycles. The topological polar surface area (TPSA) is 116 Å². The van der Waals surface area contributed by atoms with E-state index in [1.165, 1.54) is 12.1 Å². The molecule has 28 heavy (non-hydrogen) atoms. The van der Waals surface area contributed by atoms with Crippen molar-refractivity contribution in [1.29, 1.82) is 0 Å². The Kier molecular flexibility index (Phi) is 5.67. The predicted molar refractivity (Wildman–Crippen MR) is 105 cm³/mol. The lowest BCUT2D eigenvalue weighted by Crippen LogP contribution is -2.58. The normalized spacial score (nSPS) is 23.3. The average molecular weight is 425 g/mol. The Morgan fingerprint density at radius 2 is 1.82 bits per heavy atom. The smallest absolute Gasteiger partial charge is 0.405 e. The highest BCUT2D eigenvalue weighted by Crippen LogP contribution is 2.42. The maximum Gasteiger partial charge on any atom is 0.405 e. The number of rotatable bonds is 5. The molecule has 1 saturated heterocycles. The van der Waals surface area contributed by atoms with E-state index in [1.54, 1.807) is 36.4 Å². The highest BCUT2D eigenvalue weighted by Gasteiger charge is 2.59. The van der Waals surface area contributed by atoms with Gasteiger partial charge in [0.15, 0.2) is 9.84 Å². The Hall–Kier alpha value is -2.13. The summed E-state index contributed by atoms with van der Waals surface area (Å²) in [7, 11) is -4.14. The van der Waals surface area contributed by atoms with Gasteiger partial charge >= 0.3 is 6.09 Å². The van der Waals surface area contributed by atoms with Crippen LogP contribution in [0.25, 0.3) is 0 Å². The van der Waals surface area contributed by atoms with Crippen molar-refractivity contribution in [3.8, 4) is 0 Å². The maximum absolute atomic E-state index is 13.7. The molecule has 0 spiro atoms. The minimum absolute atomic E-state index is 0.0204. The molecule has 1 aliphatic rings. The van der Waals surface area contributed by atoms with Gasteiger partial charge in [-0.15, -0.1) is 0 Å². The van der Waals surface area contributed by atoms with E-state index in [0.29, 0.717) is 10.6 Å². The van der Waals surface area contributed by atoms with Gasteiger partial charge in [-0.1, -0.05) is 41.4 Å². The van der Waals surface area contributed by atoms with Crippen molar-refractivity contribution >= 4 is 27.5 Å². The minimum Gasteiger partial charge on any atom is -0.465 e. The summed E-state index contributed by atoms with van der Waals surface area (Å²) in [6.45, 7) is 1.75. The summed E-state index contributed by atoms with van der Waals surface area (Å²) in [4.78, 5) is 11.6. The Labute approximate surface area is 168 Å². The molecule has 4 N–H and O–H groups in total. The van der Waals surface area contributed by atoms with Gasteiger partial charge in [0.1, 0.15) is 4.75 Å². The van der Waals surface area contributed by atoms with Crippen LogP contribution in [0.15, 0.2) is 53.4 Å². The monoisotopic (exact) mass is 424 g/mol. The molecule has 150 valence electrons. The number of halogens is 1. The number of aliphatic hydroxyl groups is 1. The van der Waals surface area contributed by atoms with Gasteiger partial charge in [0.25, 0.3) is 0 Å². The summed E-state index contributed by atoms with van der Waals surface area (Å²) in [6, 6.07) is 11.3. The number of nitrogens with one attached hydrogen (secondary N) is 2. The molecular weight excluding hydrogens is 404 g/mol. The maximum atomic E-state index is 13.7. The molecule has 1 aliphatic heterocycles. The first-order valence-corrected chi connectivity index (χ1v) is 10.5. The summed E-state index contributed by atoms with van der Waals surface area (Å²) < 4.78 is 25.5. The molecule has 1 heterocycles. The quantitative estimate of drug-likeness (QED) is 0.584. The fraction of sp³-hybridized carbons (Fsp3) is 0.316. The van der Waals surface area contributed by atoms with Crippen molar-refractivity contribution < 1.29 is 23.4 Å². The summed E-state index contributed by atoms with van der Waals surface area (Å²) in [6.07, 6.45) is -2.72. The highest BCUT2D eigenvalue weighted by molar-refractivity contribution is 7.93. The second kappa shape index (κ2) is 7.71. The molecule has 1 fully saturated rings. The van der Waals surface area contributed by atoms with Crippen LogP contribution >= 0.6 is 11.6 Å². The number of hydrogen-bond donors (Lipinski definition) is 4. The molecule has 1 amide bonds. The summed E-state index contributed by atoms with van der Waals surface area (Å²) >= 11 is 5.93. The fourth-order valence-corrected chi connectivity index (χ4v) is 5.92. The number of hydrogen-bond acceptors (Lipinski definition) is 5. The molecule has 7 nitrogen and oxygen atoms in total. The van der Waals surface area contributed by atoms with E-state index in [1.807, 2.05) is 6.92 Å². The third-order valence-electron chi connectivity index (χ3n) is 5.09. The number of benzene rings is 2. The van der Waals surface area contributed by atoms with Crippen LogP contribution in [0.5, 0.6) is 0 Å². The molecule has 0 aromatic heterocycles. The third-order valence-corrected chi connectivity index (χ3v) is 7.89. The summed E-state index contributed by atoms with van der Waals surface area (Å²) in [5, 5.41) is 25.8. The zero-order valence-electron chi connectivity index (χ0n) is 15.1.